The summed E-state index contributed by atoms with van der Waals surface area (Å²) in [6.45, 7) is 6.30. The van der Waals surface area contributed by atoms with Crippen LogP contribution in [0.5, 0.6) is 5.75 Å². The first kappa shape index (κ1) is 15.3. The van der Waals surface area contributed by atoms with Gasteiger partial charge in [-0.1, -0.05) is 56.9 Å². The van der Waals surface area contributed by atoms with E-state index in [-0.39, 0.29) is 5.41 Å². The van der Waals surface area contributed by atoms with Crippen molar-refractivity contribution in [3.05, 3.63) is 29.3 Å². The molecule has 0 heterocycles. The van der Waals surface area contributed by atoms with Gasteiger partial charge < -0.3 is 10.0 Å². The first-order chi connectivity index (χ1) is 8.21. The molecule has 0 aliphatic heterocycles. The van der Waals surface area contributed by atoms with Crippen LogP contribution in [0.1, 0.15) is 31.9 Å². The lowest BCUT2D eigenvalue weighted by molar-refractivity contribution is 0.446. The topological polar surface area (TPSA) is 23.5 Å². The largest absolute Gasteiger partial charge is 0.508 e. The quantitative estimate of drug-likeness (QED) is 0.835. The zero-order valence-corrected chi connectivity index (χ0v) is 13.3. The second-order valence-corrected chi connectivity index (χ2v) is 7.16. The fourth-order valence-corrected chi connectivity index (χ4v) is 2.45. The average molecular weight is 283 g/mol. The van der Waals surface area contributed by atoms with Crippen molar-refractivity contribution in [1.29, 1.82) is 0 Å². The summed E-state index contributed by atoms with van der Waals surface area (Å²) in [4.78, 5) is 1.94. The second kappa shape index (κ2) is 5.93. The Hall–Kier alpha value is -0.740. The van der Waals surface area contributed by atoms with Crippen molar-refractivity contribution in [2.75, 3.05) is 14.1 Å². The Bertz CT molecular complexity index is 436. The molecule has 0 saturated carbocycles. The zero-order valence-electron chi connectivity index (χ0n) is 11.7. The number of hydrogen-bond donors (Lipinski definition) is 1. The fraction of sp³-hybridized carbons (Fsp3) is 0.500. The van der Waals surface area contributed by atoms with E-state index in [1.807, 2.05) is 25.1 Å². The molecule has 0 aromatic heterocycles. The fourth-order valence-electron chi connectivity index (χ4n) is 1.55. The van der Waals surface area contributed by atoms with Gasteiger partial charge in [-0.3, -0.25) is 0 Å². The van der Waals surface area contributed by atoms with Crippen LogP contribution in [0, 0.1) is 0 Å². The van der Waals surface area contributed by atoms with Gasteiger partial charge in [-0.2, -0.15) is 0 Å². The van der Waals surface area contributed by atoms with E-state index in [0.717, 1.165) is 15.6 Å². The van der Waals surface area contributed by atoms with Crippen LogP contribution in [0.2, 0.25) is 0 Å². The SMILES string of the molecule is CN(C)C(=S)SCc1ccc(O)c(C(C)(C)C)c1. The van der Waals surface area contributed by atoms with Gasteiger partial charge in [0.15, 0.2) is 0 Å². The van der Waals surface area contributed by atoms with Crippen molar-refractivity contribution >= 4 is 28.3 Å². The Morgan fingerprint density at radius 3 is 2.44 bits per heavy atom. The number of rotatable bonds is 2. The van der Waals surface area contributed by atoms with Crippen LogP contribution < -0.4 is 0 Å². The molecule has 0 amide bonds. The molecular formula is C14H21NOS2. The number of phenolic OH excluding ortho intramolecular Hbond substituents is 1. The molecule has 1 rings (SSSR count). The number of phenols is 1. The highest BCUT2D eigenvalue weighted by Gasteiger charge is 2.18. The Balaban J connectivity index is 2.83. The van der Waals surface area contributed by atoms with Crippen molar-refractivity contribution in [3.8, 4) is 5.75 Å². The summed E-state index contributed by atoms with van der Waals surface area (Å²) >= 11 is 6.89. The van der Waals surface area contributed by atoms with Gasteiger partial charge in [-0.25, -0.2) is 0 Å². The summed E-state index contributed by atoms with van der Waals surface area (Å²) in [5.41, 5.74) is 2.12. The number of thioether (sulfide) groups is 1. The van der Waals surface area contributed by atoms with Gasteiger partial charge in [0, 0.05) is 19.8 Å². The maximum atomic E-state index is 9.90. The molecule has 0 atom stereocenters. The van der Waals surface area contributed by atoms with Crippen LogP contribution in [-0.4, -0.2) is 28.4 Å². The van der Waals surface area contributed by atoms with E-state index in [4.69, 9.17) is 12.2 Å². The third kappa shape index (κ3) is 4.18. The van der Waals surface area contributed by atoms with Gasteiger partial charge in [0.05, 0.1) is 0 Å². The van der Waals surface area contributed by atoms with Gasteiger partial charge in [-0.15, -0.1) is 0 Å². The lowest BCUT2D eigenvalue weighted by atomic mass is 9.85. The van der Waals surface area contributed by atoms with Crippen LogP contribution in [-0.2, 0) is 11.2 Å². The molecule has 0 radical (unpaired) electrons. The van der Waals surface area contributed by atoms with Gasteiger partial charge in [0.2, 0.25) is 0 Å². The molecule has 1 aromatic rings. The highest BCUT2D eigenvalue weighted by atomic mass is 32.2. The summed E-state index contributed by atoms with van der Waals surface area (Å²) < 4.78 is 0.875. The van der Waals surface area contributed by atoms with E-state index in [2.05, 4.69) is 26.8 Å². The molecule has 0 unspecified atom stereocenters. The van der Waals surface area contributed by atoms with Crippen LogP contribution in [0.15, 0.2) is 18.2 Å². The van der Waals surface area contributed by atoms with Crippen molar-refractivity contribution in [2.24, 2.45) is 0 Å². The smallest absolute Gasteiger partial charge is 0.136 e. The Labute approximate surface area is 119 Å². The number of thiocarbonyl (C=S) groups is 1. The molecule has 1 aromatic carbocycles. The van der Waals surface area contributed by atoms with Gasteiger partial charge in [0.1, 0.15) is 10.1 Å². The molecule has 4 heteroatoms. The van der Waals surface area contributed by atoms with E-state index in [1.54, 1.807) is 17.8 Å². The highest BCUT2D eigenvalue weighted by Crippen LogP contribution is 2.32. The predicted octanol–water partition coefficient (Wildman–Crippen LogP) is 3.77. The van der Waals surface area contributed by atoms with Crippen molar-refractivity contribution in [2.45, 2.75) is 31.9 Å². The average Bonchev–Trinajstić information content (AvgIpc) is 2.25. The molecule has 0 aliphatic rings. The molecule has 0 aliphatic carbocycles. The lowest BCUT2D eigenvalue weighted by Gasteiger charge is -2.21. The standard InChI is InChI=1S/C14H21NOS2/c1-14(2,3)11-8-10(6-7-12(11)16)9-18-13(17)15(4)5/h6-8,16H,9H2,1-5H3. The third-order valence-corrected chi connectivity index (χ3v) is 4.40. The maximum absolute atomic E-state index is 9.90. The number of aromatic hydroxyl groups is 1. The van der Waals surface area contributed by atoms with Crippen molar-refractivity contribution in [3.63, 3.8) is 0 Å². The molecular weight excluding hydrogens is 262 g/mol. The monoisotopic (exact) mass is 283 g/mol. The first-order valence-electron chi connectivity index (χ1n) is 5.88. The van der Waals surface area contributed by atoms with Gasteiger partial charge in [-0.05, 0) is 22.6 Å². The van der Waals surface area contributed by atoms with Crippen LogP contribution in [0.3, 0.4) is 0 Å². The van der Waals surface area contributed by atoms with E-state index in [0.29, 0.717) is 5.75 Å². The summed E-state index contributed by atoms with van der Waals surface area (Å²) in [5.74, 6) is 1.20. The van der Waals surface area contributed by atoms with Gasteiger partial charge in [0.25, 0.3) is 0 Å². The minimum atomic E-state index is -0.0488. The van der Waals surface area contributed by atoms with E-state index in [9.17, 15) is 5.11 Å². The summed E-state index contributed by atoms with van der Waals surface area (Å²) in [6, 6.07) is 5.80. The lowest BCUT2D eigenvalue weighted by Crippen LogP contribution is -2.16. The second-order valence-electron chi connectivity index (χ2n) is 5.55. The van der Waals surface area contributed by atoms with E-state index < -0.39 is 0 Å². The summed E-state index contributed by atoms with van der Waals surface area (Å²) in [7, 11) is 3.90. The molecule has 0 spiro atoms. The third-order valence-electron chi connectivity index (χ3n) is 2.60. The van der Waals surface area contributed by atoms with Crippen LogP contribution >= 0.6 is 24.0 Å². The number of hydrogen-bond acceptors (Lipinski definition) is 3. The molecule has 0 fully saturated rings. The predicted molar refractivity (Wildman–Crippen MR) is 84.4 cm³/mol. The molecule has 2 nitrogen and oxygen atoms in total. The summed E-state index contributed by atoms with van der Waals surface area (Å²) in [5, 5.41) is 9.90. The molecule has 1 N–H and O–H groups in total. The minimum absolute atomic E-state index is 0.0488. The van der Waals surface area contributed by atoms with E-state index >= 15 is 0 Å². The normalized spacial score (nSPS) is 11.4. The molecule has 0 saturated heterocycles. The summed E-state index contributed by atoms with van der Waals surface area (Å²) in [6.07, 6.45) is 0. The molecule has 100 valence electrons. The first-order valence-corrected chi connectivity index (χ1v) is 7.27. The van der Waals surface area contributed by atoms with E-state index in [1.165, 1.54) is 5.56 Å². The maximum Gasteiger partial charge on any atom is 0.136 e. The Morgan fingerprint density at radius 2 is 1.94 bits per heavy atom. The van der Waals surface area contributed by atoms with Crippen molar-refractivity contribution in [1.82, 2.24) is 4.90 Å². The van der Waals surface area contributed by atoms with Gasteiger partial charge >= 0.3 is 0 Å². The number of nitrogens with zero attached hydrogens (tertiary/aromatic N) is 1. The minimum Gasteiger partial charge on any atom is -0.508 e. The number of benzene rings is 1. The van der Waals surface area contributed by atoms with Crippen LogP contribution in [0.25, 0.3) is 0 Å². The zero-order chi connectivity index (χ0) is 13.9. The van der Waals surface area contributed by atoms with Crippen molar-refractivity contribution < 1.29 is 5.11 Å². The van der Waals surface area contributed by atoms with Crippen LogP contribution in [0.4, 0.5) is 0 Å². The Kier molecular flexibility index (Phi) is 5.05. The Morgan fingerprint density at radius 1 is 1.33 bits per heavy atom. The highest BCUT2D eigenvalue weighted by molar-refractivity contribution is 8.22. The molecule has 18 heavy (non-hydrogen) atoms. The molecule has 0 bridgehead atoms.